The molecule has 2 heterocycles. The molecule has 1 aliphatic carbocycles. The zero-order chi connectivity index (χ0) is 22.7. The van der Waals surface area contributed by atoms with E-state index < -0.39 is 0 Å². The Morgan fingerprint density at radius 3 is 2.58 bits per heavy atom. The van der Waals surface area contributed by atoms with Gasteiger partial charge in [0.15, 0.2) is 5.82 Å². The minimum Gasteiger partial charge on any atom is -0.367 e. The summed E-state index contributed by atoms with van der Waals surface area (Å²) in [5.74, 6) is 1.64. The lowest BCUT2D eigenvalue weighted by Crippen LogP contribution is -2.39. The van der Waals surface area contributed by atoms with Gasteiger partial charge in [-0.3, -0.25) is 9.69 Å². The Kier molecular flexibility index (Phi) is 6.24. The van der Waals surface area contributed by atoms with E-state index in [1.807, 2.05) is 43.3 Å². The van der Waals surface area contributed by atoms with Crippen molar-refractivity contribution in [2.75, 3.05) is 19.7 Å². The first kappa shape index (κ1) is 21.8. The zero-order valence-electron chi connectivity index (χ0n) is 18.9. The van der Waals surface area contributed by atoms with Gasteiger partial charge in [-0.2, -0.15) is 4.98 Å². The van der Waals surface area contributed by atoms with Crippen LogP contribution in [0.15, 0.2) is 65.2 Å². The molecule has 7 nitrogen and oxygen atoms in total. The maximum absolute atomic E-state index is 12.6. The molecular formula is C26H30N4O3. The number of carbonyl (C=O) groups is 1. The van der Waals surface area contributed by atoms with Crippen LogP contribution in [0.25, 0.3) is 0 Å². The molecule has 3 unspecified atom stereocenters. The van der Waals surface area contributed by atoms with Gasteiger partial charge in [-0.1, -0.05) is 65.8 Å². The van der Waals surface area contributed by atoms with E-state index in [-0.39, 0.29) is 24.0 Å². The summed E-state index contributed by atoms with van der Waals surface area (Å²) in [5.41, 5.74) is 2.14. The summed E-state index contributed by atoms with van der Waals surface area (Å²) in [4.78, 5) is 19.7. The Labute approximate surface area is 194 Å². The fraction of sp³-hybridized carbons (Fsp3) is 0.423. The number of rotatable bonds is 8. The maximum atomic E-state index is 12.6. The van der Waals surface area contributed by atoms with Crippen LogP contribution in [0.5, 0.6) is 0 Å². The number of likely N-dealkylation sites (tertiary alicyclic amines) is 1. The second-order valence-electron chi connectivity index (χ2n) is 9.34. The predicted molar refractivity (Wildman–Crippen MR) is 123 cm³/mol. The first-order valence-electron chi connectivity index (χ1n) is 11.6. The van der Waals surface area contributed by atoms with Gasteiger partial charge in [0, 0.05) is 25.7 Å². The number of benzene rings is 2. The molecule has 33 heavy (non-hydrogen) atoms. The smallest absolute Gasteiger partial charge is 0.246 e. The van der Waals surface area contributed by atoms with E-state index >= 15 is 0 Å². The van der Waals surface area contributed by atoms with Crippen LogP contribution in [-0.4, -0.2) is 46.7 Å². The third-order valence-corrected chi connectivity index (χ3v) is 6.86. The van der Waals surface area contributed by atoms with Gasteiger partial charge < -0.3 is 14.6 Å². The molecular weight excluding hydrogens is 416 g/mol. The van der Waals surface area contributed by atoms with Crippen LogP contribution in [0.4, 0.5) is 0 Å². The number of nitrogens with zero attached hydrogens (tertiary/aromatic N) is 3. The molecule has 3 atom stereocenters. The second-order valence-corrected chi connectivity index (χ2v) is 9.34. The van der Waals surface area contributed by atoms with Crippen molar-refractivity contribution < 1.29 is 14.1 Å². The number of fused-ring (bicyclic) bond motifs is 1. The Morgan fingerprint density at radius 2 is 1.88 bits per heavy atom. The average molecular weight is 447 g/mol. The highest BCUT2D eigenvalue weighted by molar-refractivity contribution is 5.77. The highest BCUT2D eigenvalue weighted by Gasteiger charge is 2.57. The second kappa shape index (κ2) is 9.45. The summed E-state index contributed by atoms with van der Waals surface area (Å²) in [5, 5.41) is 7.26. The summed E-state index contributed by atoms with van der Waals surface area (Å²) >= 11 is 0. The molecule has 1 saturated carbocycles. The van der Waals surface area contributed by atoms with Gasteiger partial charge in [-0.25, -0.2) is 0 Å². The third kappa shape index (κ3) is 4.84. The van der Waals surface area contributed by atoms with E-state index in [1.165, 1.54) is 5.56 Å². The summed E-state index contributed by atoms with van der Waals surface area (Å²) in [6, 6.07) is 20.5. The van der Waals surface area contributed by atoms with Gasteiger partial charge >= 0.3 is 0 Å². The van der Waals surface area contributed by atoms with Crippen LogP contribution in [0.3, 0.4) is 0 Å². The first-order valence-corrected chi connectivity index (χ1v) is 11.6. The Hall–Kier alpha value is -3.03. The molecule has 5 rings (SSSR count). The van der Waals surface area contributed by atoms with Crippen molar-refractivity contribution >= 4 is 5.91 Å². The van der Waals surface area contributed by atoms with Crippen LogP contribution in [0.1, 0.15) is 35.7 Å². The zero-order valence-corrected chi connectivity index (χ0v) is 18.9. The minimum atomic E-state index is -0.223. The molecule has 1 amide bonds. The predicted octanol–water partition coefficient (Wildman–Crippen LogP) is 3.24. The summed E-state index contributed by atoms with van der Waals surface area (Å²) < 4.78 is 11.3. The van der Waals surface area contributed by atoms with Crippen molar-refractivity contribution in [2.24, 2.45) is 5.92 Å². The van der Waals surface area contributed by atoms with Crippen molar-refractivity contribution in [3.63, 3.8) is 0 Å². The largest absolute Gasteiger partial charge is 0.367 e. The van der Waals surface area contributed by atoms with Gasteiger partial charge in [0.1, 0.15) is 6.61 Å². The third-order valence-electron chi connectivity index (χ3n) is 6.86. The lowest BCUT2D eigenvalue weighted by Gasteiger charge is -2.25. The van der Waals surface area contributed by atoms with Crippen LogP contribution >= 0.6 is 0 Å². The standard InChI is InChI=1S/C26H30N4O3/c1-19-27-25(33-29-19)26-13-23(28-24(31)17-32-16-21-10-6-3-7-11-21)12-22(26)15-30(18-26)14-20-8-4-2-5-9-20/h2-11,22-23H,12-18H2,1H3,(H,28,31). The molecule has 1 aliphatic heterocycles. The fourth-order valence-electron chi connectivity index (χ4n) is 5.48. The van der Waals surface area contributed by atoms with Crippen molar-refractivity contribution in [2.45, 2.75) is 44.4 Å². The van der Waals surface area contributed by atoms with Crippen molar-refractivity contribution in [3.05, 3.63) is 83.5 Å². The number of carbonyl (C=O) groups excluding carboxylic acids is 1. The Bertz CT molecular complexity index is 1070. The first-order chi connectivity index (χ1) is 16.1. The molecule has 2 fully saturated rings. The number of aromatic nitrogens is 2. The molecule has 1 N–H and O–H groups in total. The van der Waals surface area contributed by atoms with Crippen molar-refractivity contribution in [1.82, 2.24) is 20.4 Å². The minimum absolute atomic E-state index is 0.0584. The molecule has 3 aromatic rings. The lowest BCUT2D eigenvalue weighted by molar-refractivity contribution is -0.126. The maximum Gasteiger partial charge on any atom is 0.246 e. The van der Waals surface area contributed by atoms with Gasteiger partial charge in [0.05, 0.1) is 12.0 Å². The highest BCUT2D eigenvalue weighted by atomic mass is 16.5. The molecule has 2 aromatic carbocycles. The van der Waals surface area contributed by atoms with Crippen LogP contribution in [0, 0.1) is 12.8 Å². The van der Waals surface area contributed by atoms with Gasteiger partial charge in [0.25, 0.3) is 0 Å². The fourth-order valence-corrected chi connectivity index (χ4v) is 5.48. The van der Waals surface area contributed by atoms with Crippen LogP contribution < -0.4 is 5.32 Å². The Morgan fingerprint density at radius 1 is 1.15 bits per heavy atom. The SMILES string of the molecule is Cc1noc(C23CC(NC(=O)COCc4ccccc4)CC2CN(Cc2ccccc2)C3)n1. The van der Waals surface area contributed by atoms with E-state index in [0.29, 0.717) is 24.2 Å². The molecule has 172 valence electrons. The quantitative estimate of drug-likeness (QED) is 0.572. The van der Waals surface area contributed by atoms with Gasteiger partial charge in [-0.05, 0) is 36.8 Å². The summed E-state index contributed by atoms with van der Waals surface area (Å²) in [6.07, 6.45) is 1.70. The topological polar surface area (TPSA) is 80.5 Å². The van der Waals surface area contributed by atoms with E-state index in [2.05, 4.69) is 44.6 Å². The lowest BCUT2D eigenvalue weighted by atomic mass is 9.80. The number of amides is 1. The van der Waals surface area contributed by atoms with E-state index in [9.17, 15) is 4.79 Å². The summed E-state index contributed by atoms with van der Waals surface area (Å²) in [6.45, 7) is 5.05. The van der Waals surface area contributed by atoms with Crippen molar-refractivity contribution in [3.8, 4) is 0 Å². The van der Waals surface area contributed by atoms with Crippen molar-refractivity contribution in [1.29, 1.82) is 0 Å². The van der Waals surface area contributed by atoms with Gasteiger partial charge in [-0.15, -0.1) is 0 Å². The number of hydrogen-bond acceptors (Lipinski definition) is 6. The Balaban J connectivity index is 1.22. The van der Waals surface area contributed by atoms with E-state index in [4.69, 9.17) is 9.26 Å². The monoisotopic (exact) mass is 446 g/mol. The highest BCUT2D eigenvalue weighted by Crippen LogP contribution is 2.50. The molecule has 0 radical (unpaired) electrons. The average Bonchev–Trinajstić information content (AvgIpc) is 3.48. The molecule has 0 bridgehead atoms. The normalized spacial score (nSPS) is 24.6. The van der Waals surface area contributed by atoms with Crippen LogP contribution in [-0.2, 0) is 28.1 Å². The number of ether oxygens (including phenoxy) is 1. The van der Waals surface area contributed by atoms with E-state index in [1.54, 1.807) is 0 Å². The number of aryl methyl sites for hydroxylation is 1. The molecule has 7 heteroatoms. The molecule has 2 aliphatic rings. The van der Waals surface area contributed by atoms with Crippen LogP contribution in [0.2, 0.25) is 0 Å². The number of hydrogen-bond donors (Lipinski definition) is 1. The van der Waals surface area contributed by atoms with E-state index in [0.717, 1.165) is 38.0 Å². The summed E-state index contributed by atoms with van der Waals surface area (Å²) in [7, 11) is 0. The molecule has 1 saturated heterocycles. The van der Waals surface area contributed by atoms with Gasteiger partial charge in [0.2, 0.25) is 11.8 Å². The molecule has 1 aromatic heterocycles. The number of nitrogens with one attached hydrogen (secondary N) is 1. The molecule has 0 spiro atoms.